The van der Waals surface area contributed by atoms with Crippen molar-refractivity contribution in [3.63, 3.8) is 0 Å². The van der Waals surface area contributed by atoms with Crippen LogP contribution in [0, 0.1) is 12.3 Å². The zero-order chi connectivity index (χ0) is 13.1. The van der Waals surface area contributed by atoms with Crippen molar-refractivity contribution in [1.82, 2.24) is 0 Å². The minimum Gasteiger partial charge on any atom is -0.466 e. The third-order valence-corrected chi connectivity index (χ3v) is 1.88. The van der Waals surface area contributed by atoms with E-state index < -0.39 is 18.2 Å². The fourth-order valence-electron chi connectivity index (χ4n) is 1.01. The van der Waals surface area contributed by atoms with Crippen LogP contribution in [0.4, 0.5) is 4.79 Å². The Balaban J connectivity index is 3.78. The molecule has 0 aromatic heterocycles. The molecule has 0 aliphatic rings. The minimum atomic E-state index is -0.793. The zero-order valence-electron chi connectivity index (χ0n) is 9.97. The Hall–Kier alpha value is -1.96. The normalized spacial score (nSPS) is 11.6. The van der Waals surface area contributed by atoms with Crippen LogP contribution in [-0.4, -0.2) is 32.4 Å². The van der Waals surface area contributed by atoms with Gasteiger partial charge in [-0.25, -0.2) is 9.59 Å². The van der Waals surface area contributed by atoms with E-state index in [4.69, 9.17) is 11.2 Å². The maximum Gasteiger partial charge on any atom is 0.509 e. The molecule has 94 valence electrons. The maximum atomic E-state index is 10.8. The van der Waals surface area contributed by atoms with Gasteiger partial charge in [0.1, 0.15) is 0 Å². The summed E-state index contributed by atoms with van der Waals surface area (Å²) >= 11 is 0. The molecule has 0 aliphatic carbocycles. The number of hydrogen-bond donors (Lipinski definition) is 0. The fraction of sp³-hybridized carbons (Fsp3) is 0.500. The molecule has 0 spiro atoms. The summed E-state index contributed by atoms with van der Waals surface area (Å²) in [4.78, 5) is 21.5. The van der Waals surface area contributed by atoms with Crippen molar-refractivity contribution in [2.45, 2.75) is 25.4 Å². The van der Waals surface area contributed by atoms with E-state index in [1.807, 2.05) is 0 Å². The molecule has 0 aliphatic heterocycles. The quantitative estimate of drug-likeness (QED) is 0.306. The summed E-state index contributed by atoms with van der Waals surface area (Å²) in [6, 6.07) is 0. The molecule has 1 unspecified atom stereocenters. The summed E-state index contributed by atoms with van der Waals surface area (Å²) < 4.78 is 13.5. The third kappa shape index (κ3) is 7.91. The average molecular weight is 240 g/mol. The van der Waals surface area contributed by atoms with Crippen molar-refractivity contribution >= 4 is 12.1 Å². The van der Waals surface area contributed by atoms with Crippen LogP contribution in [0.15, 0.2) is 12.2 Å². The third-order valence-electron chi connectivity index (χ3n) is 1.88. The Morgan fingerprint density at radius 1 is 1.35 bits per heavy atom. The molecule has 0 saturated carbocycles. The molecule has 0 N–H and O–H groups in total. The highest BCUT2D eigenvalue weighted by atomic mass is 16.7. The molecule has 5 heteroatoms. The van der Waals surface area contributed by atoms with Gasteiger partial charge in [0.25, 0.3) is 0 Å². The van der Waals surface area contributed by atoms with E-state index in [1.54, 1.807) is 6.08 Å². The second kappa shape index (κ2) is 9.28. The number of carbonyl (C=O) groups excluding carboxylic acids is 2. The Bertz CT molecular complexity index is 313. The van der Waals surface area contributed by atoms with Gasteiger partial charge in [-0.15, -0.1) is 6.42 Å². The Kier molecular flexibility index (Phi) is 8.21. The first-order chi connectivity index (χ1) is 8.13. The van der Waals surface area contributed by atoms with Crippen molar-refractivity contribution in [2.24, 2.45) is 0 Å². The first kappa shape index (κ1) is 15.0. The molecule has 1 atom stereocenters. The van der Waals surface area contributed by atoms with E-state index in [1.165, 1.54) is 20.3 Å². The van der Waals surface area contributed by atoms with E-state index in [9.17, 15) is 9.59 Å². The van der Waals surface area contributed by atoms with Crippen molar-refractivity contribution in [3.05, 3.63) is 12.2 Å². The maximum absolute atomic E-state index is 10.8. The van der Waals surface area contributed by atoms with Gasteiger partial charge in [0.05, 0.1) is 14.2 Å². The Labute approximate surface area is 101 Å². The Morgan fingerprint density at radius 3 is 2.59 bits per heavy atom. The second-order valence-electron chi connectivity index (χ2n) is 3.08. The van der Waals surface area contributed by atoms with Gasteiger partial charge in [-0.1, -0.05) is 12.0 Å². The van der Waals surface area contributed by atoms with Crippen molar-refractivity contribution in [2.75, 3.05) is 14.2 Å². The number of esters is 1. The number of terminal acetylenes is 1. The van der Waals surface area contributed by atoms with Crippen molar-refractivity contribution in [1.29, 1.82) is 0 Å². The molecule has 0 aromatic rings. The van der Waals surface area contributed by atoms with Crippen LogP contribution in [0.3, 0.4) is 0 Å². The number of carbonyl (C=O) groups is 2. The van der Waals surface area contributed by atoms with E-state index in [0.717, 1.165) is 0 Å². The summed E-state index contributed by atoms with van der Waals surface area (Å²) in [5.41, 5.74) is 0. The highest BCUT2D eigenvalue weighted by Crippen LogP contribution is 2.06. The van der Waals surface area contributed by atoms with Gasteiger partial charge >= 0.3 is 12.1 Å². The monoisotopic (exact) mass is 240 g/mol. The molecule has 0 heterocycles. The van der Waals surface area contributed by atoms with Gasteiger partial charge in [0.2, 0.25) is 0 Å². The standard InChI is InChI=1S/C12H16O5/c1-4-10(17-12(14)16-3)8-6-5-7-9-11(13)15-2/h1,7,9-10H,5-6,8H2,2-3H3/b9-7+. The summed E-state index contributed by atoms with van der Waals surface area (Å²) in [6.45, 7) is 0. The van der Waals surface area contributed by atoms with Gasteiger partial charge in [0.15, 0.2) is 6.10 Å². The van der Waals surface area contributed by atoms with Gasteiger partial charge in [-0.2, -0.15) is 0 Å². The van der Waals surface area contributed by atoms with Gasteiger partial charge in [0, 0.05) is 6.08 Å². The Morgan fingerprint density at radius 2 is 2.06 bits per heavy atom. The molecule has 17 heavy (non-hydrogen) atoms. The van der Waals surface area contributed by atoms with Crippen LogP contribution in [0.1, 0.15) is 19.3 Å². The molecule has 0 radical (unpaired) electrons. The van der Waals surface area contributed by atoms with E-state index in [2.05, 4.69) is 15.4 Å². The summed E-state index contributed by atoms with van der Waals surface area (Å²) in [5, 5.41) is 0. The number of ether oxygens (including phenoxy) is 3. The lowest BCUT2D eigenvalue weighted by atomic mass is 10.1. The van der Waals surface area contributed by atoms with Crippen LogP contribution in [0.25, 0.3) is 0 Å². The number of methoxy groups -OCH3 is 2. The molecule has 0 fully saturated rings. The predicted octanol–water partition coefficient (Wildman–Crippen LogP) is 1.67. The molecule has 0 rings (SSSR count). The number of rotatable bonds is 6. The lowest BCUT2D eigenvalue weighted by Gasteiger charge is -2.09. The summed E-state index contributed by atoms with van der Waals surface area (Å²) in [6.07, 6.45) is 8.66. The topological polar surface area (TPSA) is 61.8 Å². The van der Waals surface area contributed by atoms with Crippen LogP contribution in [0.2, 0.25) is 0 Å². The molecular formula is C12H16O5. The average Bonchev–Trinajstić information content (AvgIpc) is 2.36. The predicted molar refractivity (Wildman–Crippen MR) is 61.1 cm³/mol. The number of allylic oxidation sites excluding steroid dienone is 1. The zero-order valence-corrected chi connectivity index (χ0v) is 9.97. The van der Waals surface area contributed by atoms with E-state index in [-0.39, 0.29) is 0 Å². The van der Waals surface area contributed by atoms with Gasteiger partial charge in [-0.3, -0.25) is 0 Å². The second-order valence-corrected chi connectivity index (χ2v) is 3.08. The molecule has 0 amide bonds. The molecule has 0 aromatic carbocycles. The van der Waals surface area contributed by atoms with E-state index >= 15 is 0 Å². The lowest BCUT2D eigenvalue weighted by Crippen LogP contribution is -2.16. The molecule has 0 saturated heterocycles. The summed E-state index contributed by atoms with van der Waals surface area (Å²) in [7, 11) is 2.53. The number of unbranched alkanes of at least 4 members (excludes halogenated alkanes) is 1. The van der Waals surface area contributed by atoms with Gasteiger partial charge in [-0.05, 0) is 19.3 Å². The largest absolute Gasteiger partial charge is 0.509 e. The SMILES string of the molecule is C#CC(CCC/C=C/C(=O)OC)OC(=O)OC. The van der Waals surface area contributed by atoms with Crippen molar-refractivity contribution in [3.8, 4) is 12.3 Å². The van der Waals surface area contributed by atoms with Crippen molar-refractivity contribution < 1.29 is 23.8 Å². The van der Waals surface area contributed by atoms with Crippen LogP contribution in [0.5, 0.6) is 0 Å². The first-order valence-electron chi connectivity index (χ1n) is 5.09. The van der Waals surface area contributed by atoms with Gasteiger partial charge < -0.3 is 14.2 Å². The van der Waals surface area contributed by atoms with E-state index in [0.29, 0.717) is 19.3 Å². The van der Waals surface area contributed by atoms with Crippen LogP contribution in [-0.2, 0) is 19.0 Å². The molecule has 5 nitrogen and oxygen atoms in total. The van der Waals surface area contributed by atoms with Crippen LogP contribution < -0.4 is 0 Å². The lowest BCUT2D eigenvalue weighted by molar-refractivity contribution is -0.134. The smallest absolute Gasteiger partial charge is 0.466 e. The summed E-state index contributed by atoms with van der Waals surface area (Å²) in [5.74, 6) is 1.94. The first-order valence-corrected chi connectivity index (χ1v) is 5.09. The highest BCUT2D eigenvalue weighted by molar-refractivity contribution is 5.81. The fourth-order valence-corrected chi connectivity index (χ4v) is 1.01. The molecule has 0 bridgehead atoms. The number of hydrogen-bond acceptors (Lipinski definition) is 5. The van der Waals surface area contributed by atoms with Crippen LogP contribution >= 0.6 is 0 Å². The molecular weight excluding hydrogens is 224 g/mol. The minimum absolute atomic E-state index is 0.399. The highest BCUT2D eigenvalue weighted by Gasteiger charge is 2.10.